The molecule has 0 aromatic heterocycles. The third kappa shape index (κ3) is 3.00. The molecule has 6 heteroatoms. The minimum atomic E-state index is -1.03. The molecule has 19 heavy (non-hydrogen) atoms. The average molecular weight is 271 g/mol. The predicted octanol–water partition coefficient (Wildman–Crippen LogP) is 2.18. The van der Waals surface area contributed by atoms with Crippen LogP contribution in [0.15, 0.2) is 0 Å². The third-order valence-electron chi connectivity index (χ3n) is 3.49. The van der Waals surface area contributed by atoms with Gasteiger partial charge in [-0.2, -0.15) is 5.06 Å². The van der Waals surface area contributed by atoms with Gasteiger partial charge in [-0.1, -0.05) is 12.8 Å². The Labute approximate surface area is 112 Å². The fourth-order valence-corrected chi connectivity index (χ4v) is 2.75. The Bertz CT molecular complexity index is 376. The Kier molecular flexibility index (Phi) is 3.71. The molecule has 0 aromatic rings. The molecule has 1 heterocycles. The number of ether oxygens (including phenoxy) is 1. The lowest BCUT2D eigenvalue weighted by Crippen LogP contribution is -2.45. The minimum Gasteiger partial charge on any atom is -0.480 e. The largest absolute Gasteiger partial charge is 0.480 e. The lowest BCUT2D eigenvalue weighted by atomic mass is 9.82. The maximum atomic E-state index is 12.0. The molecule has 2 fully saturated rings. The molecule has 1 amide bonds. The number of hydrogen-bond acceptors (Lipinski definition) is 4. The number of aliphatic carboxylic acids is 1. The number of carboxylic acids is 1. The standard InChI is InChI=1S/C13H21NO5/c1-13(2,3)18-12(17)14-10(11(15)16)8-6-4-5-7-9(8)19-14/h8-10H,4-7H2,1-3H3,(H,15,16). The Hall–Kier alpha value is -1.30. The number of nitrogens with zero attached hydrogens (tertiary/aromatic N) is 1. The van der Waals surface area contributed by atoms with Crippen molar-refractivity contribution < 1.29 is 24.3 Å². The number of hydrogen-bond donors (Lipinski definition) is 1. The first-order valence-electron chi connectivity index (χ1n) is 6.71. The van der Waals surface area contributed by atoms with E-state index in [0.717, 1.165) is 30.7 Å². The van der Waals surface area contributed by atoms with Crippen LogP contribution in [0.5, 0.6) is 0 Å². The van der Waals surface area contributed by atoms with Gasteiger partial charge in [0.05, 0.1) is 6.10 Å². The van der Waals surface area contributed by atoms with E-state index in [2.05, 4.69) is 0 Å². The summed E-state index contributed by atoms with van der Waals surface area (Å²) in [5.41, 5.74) is -0.669. The van der Waals surface area contributed by atoms with Crippen molar-refractivity contribution >= 4 is 12.1 Å². The molecule has 1 aliphatic heterocycles. The maximum absolute atomic E-state index is 12.0. The Morgan fingerprint density at radius 1 is 1.26 bits per heavy atom. The lowest BCUT2D eigenvalue weighted by molar-refractivity contribution is -0.170. The van der Waals surface area contributed by atoms with Crippen LogP contribution in [0.4, 0.5) is 4.79 Å². The number of hydroxylamine groups is 2. The number of carbonyl (C=O) groups is 2. The highest BCUT2D eigenvalue weighted by Crippen LogP contribution is 2.38. The highest BCUT2D eigenvalue weighted by atomic mass is 16.7. The summed E-state index contributed by atoms with van der Waals surface area (Å²) < 4.78 is 5.21. The molecular formula is C13H21NO5. The molecule has 0 spiro atoms. The van der Waals surface area contributed by atoms with Gasteiger partial charge < -0.3 is 9.84 Å². The quantitative estimate of drug-likeness (QED) is 0.791. The van der Waals surface area contributed by atoms with Gasteiger partial charge in [0.25, 0.3) is 0 Å². The van der Waals surface area contributed by atoms with Gasteiger partial charge in [-0.25, -0.2) is 9.59 Å². The molecule has 108 valence electrons. The van der Waals surface area contributed by atoms with E-state index in [1.54, 1.807) is 20.8 Å². The van der Waals surface area contributed by atoms with E-state index in [0.29, 0.717) is 0 Å². The van der Waals surface area contributed by atoms with Crippen LogP contribution in [0.25, 0.3) is 0 Å². The molecule has 6 nitrogen and oxygen atoms in total. The van der Waals surface area contributed by atoms with Crippen molar-refractivity contribution in [1.82, 2.24) is 5.06 Å². The zero-order valence-corrected chi connectivity index (χ0v) is 11.6. The van der Waals surface area contributed by atoms with E-state index in [4.69, 9.17) is 9.57 Å². The van der Waals surface area contributed by atoms with Gasteiger partial charge in [0.1, 0.15) is 5.60 Å². The van der Waals surface area contributed by atoms with Gasteiger partial charge in [-0.15, -0.1) is 0 Å². The van der Waals surface area contributed by atoms with Gasteiger partial charge in [0.2, 0.25) is 0 Å². The Morgan fingerprint density at radius 2 is 1.89 bits per heavy atom. The Morgan fingerprint density at radius 3 is 2.47 bits per heavy atom. The van der Waals surface area contributed by atoms with Crippen molar-refractivity contribution in [2.75, 3.05) is 0 Å². The normalized spacial score (nSPS) is 30.9. The van der Waals surface area contributed by atoms with Crippen molar-refractivity contribution in [3.8, 4) is 0 Å². The summed E-state index contributed by atoms with van der Waals surface area (Å²) >= 11 is 0. The van der Waals surface area contributed by atoms with Crippen LogP contribution in [0, 0.1) is 5.92 Å². The number of carboxylic acid groups (broad SMARTS) is 1. The van der Waals surface area contributed by atoms with Crippen molar-refractivity contribution in [2.45, 2.75) is 64.2 Å². The number of fused-ring (bicyclic) bond motifs is 1. The van der Waals surface area contributed by atoms with Crippen LogP contribution in [0.3, 0.4) is 0 Å². The fourth-order valence-electron chi connectivity index (χ4n) is 2.75. The van der Waals surface area contributed by atoms with E-state index in [1.165, 1.54) is 0 Å². The first kappa shape index (κ1) is 14.1. The molecular weight excluding hydrogens is 250 g/mol. The van der Waals surface area contributed by atoms with Crippen molar-refractivity contribution in [1.29, 1.82) is 0 Å². The van der Waals surface area contributed by atoms with Gasteiger partial charge >= 0.3 is 12.1 Å². The molecule has 0 bridgehead atoms. The molecule has 1 saturated heterocycles. The van der Waals surface area contributed by atoms with Crippen LogP contribution in [0.2, 0.25) is 0 Å². The van der Waals surface area contributed by atoms with Gasteiger partial charge in [-0.05, 0) is 33.6 Å². The van der Waals surface area contributed by atoms with Crippen LogP contribution < -0.4 is 0 Å². The average Bonchev–Trinajstić information content (AvgIpc) is 2.65. The second-order valence-corrected chi connectivity index (χ2v) is 6.18. The second kappa shape index (κ2) is 5.00. The van der Waals surface area contributed by atoms with Crippen molar-refractivity contribution in [2.24, 2.45) is 5.92 Å². The topological polar surface area (TPSA) is 76.1 Å². The molecule has 1 N–H and O–H groups in total. The minimum absolute atomic E-state index is 0.126. The number of carbonyl (C=O) groups excluding carboxylic acids is 1. The first-order chi connectivity index (χ1) is 8.79. The fraction of sp³-hybridized carbons (Fsp3) is 0.846. The molecule has 0 aromatic carbocycles. The van der Waals surface area contributed by atoms with Crippen molar-refractivity contribution in [3.05, 3.63) is 0 Å². The third-order valence-corrected chi connectivity index (χ3v) is 3.49. The monoisotopic (exact) mass is 271 g/mol. The summed E-state index contributed by atoms with van der Waals surface area (Å²) in [4.78, 5) is 29.0. The molecule has 2 rings (SSSR count). The molecule has 1 saturated carbocycles. The summed E-state index contributed by atoms with van der Waals surface area (Å²) in [6, 6.07) is -0.930. The summed E-state index contributed by atoms with van der Waals surface area (Å²) in [7, 11) is 0. The van der Waals surface area contributed by atoms with Crippen LogP contribution in [-0.4, -0.2) is 40.0 Å². The highest BCUT2D eigenvalue weighted by molar-refractivity contribution is 5.80. The van der Waals surface area contributed by atoms with Crippen molar-refractivity contribution in [3.63, 3.8) is 0 Å². The Balaban J connectivity index is 2.14. The zero-order chi connectivity index (χ0) is 14.2. The van der Waals surface area contributed by atoms with Gasteiger partial charge in [-0.3, -0.25) is 4.84 Å². The van der Waals surface area contributed by atoms with E-state index in [1.807, 2.05) is 0 Å². The number of amides is 1. The van der Waals surface area contributed by atoms with Crippen LogP contribution in [-0.2, 0) is 14.4 Å². The van der Waals surface area contributed by atoms with Gasteiger partial charge in [0.15, 0.2) is 6.04 Å². The molecule has 1 aliphatic carbocycles. The summed E-state index contributed by atoms with van der Waals surface area (Å²) in [5, 5.41) is 10.3. The van der Waals surface area contributed by atoms with E-state index >= 15 is 0 Å². The van der Waals surface area contributed by atoms with Crippen LogP contribution in [0.1, 0.15) is 46.5 Å². The molecule has 2 aliphatic rings. The van der Waals surface area contributed by atoms with E-state index in [9.17, 15) is 14.7 Å². The SMILES string of the molecule is CC(C)(C)OC(=O)N1OC2CCCCC2C1C(=O)O. The highest BCUT2D eigenvalue weighted by Gasteiger charge is 2.51. The number of rotatable bonds is 1. The summed E-state index contributed by atoms with van der Waals surface area (Å²) in [6.07, 6.45) is 2.68. The second-order valence-electron chi connectivity index (χ2n) is 6.18. The summed E-state index contributed by atoms with van der Waals surface area (Å²) in [6.45, 7) is 5.22. The molecule has 0 radical (unpaired) electrons. The lowest BCUT2D eigenvalue weighted by Gasteiger charge is -2.26. The predicted molar refractivity (Wildman–Crippen MR) is 66.3 cm³/mol. The first-order valence-corrected chi connectivity index (χ1v) is 6.71. The van der Waals surface area contributed by atoms with Gasteiger partial charge in [0, 0.05) is 5.92 Å². The van der Waals surface area contributed by atoms with Crippen LogP contribution >= 0.6 is 0 Å². The zero-order valence-electron chi connectivity index (χ0n) is 11.6. The van der Waals surface area contributed by atoms with E-state index in [-0.39, 0.29) is 12.0 Å². The smallest absolute Gasteiger partial charge is 0.435 e. The maximum Gasteiger partial charge on any atom is 0.435 e. The van der Waals surface area contributed by atoms with E-state index < -0.39 is 23.7 Å². The summed E-state index contributed by atoms with van der Waals surface area (Å²) in [5.74, 6) is -1.15. The molecule has 3 atom stereocenters. The molecule has 3 unspecified atom stereocenters.